The first-order valence-corrected chi connectivity index (χ1v) is 13.9. The Morgan fingerprint density at radius 3 is 2.26 bits per heavy atom. The summed E-state index contributed by atoms with van der Waals surface area (Å²) in [6, 6.07) is 16.1. The highest BCUT2D eigenvalue weighted by molar-refractivity contribution is 5.96. The molecule has 3 heterocycles. The zero-order chi connectivity index (χ0) is 29.6. The van der Waals surface area contributed by atoms with Crippen LogP contribution in [-0.4, -0.2) is 64.8 Å². The molecule has 0 saturated carbocycles. The number of rotatable bonds is 4. The van der Waals surface area contributed by atoms with Gasteiger partial charge in [0, 0.05) is 60.5 Å². The molecule has 0 unspecified atom stereocenters. The summed E-state index contributed by atoms with van der Waals surface area (Å²) in [7, 11) is 3.53. The minimum absolute atomic E-state index is 0.275. The van der Waals surface area contributed by atoms with E-state index >= 15 is 0 Å². The lowest BCUT2D eigenvalue weighted by Gasteiger charge is -2.50. The monoisotopic (exact) mass is 574 g/mol. The fraction of sp³-hybridized carbons (Fsp3) is 0.312. The van der Waals surface area contributed by atoms with Gasteiger partial charge in [-0.2, -0.15) is 0 Å². The summed E-state index contributed by atoms with van der Waals surface area (Å²) in [4.78, 5) is 30.4. The van der Waals surface area contributed by atoms with Crippen molar-refractivity contribution in [3.05, 3.63) is 95.2 Å². The van der Waals surface area contributed by atoms with Crippen LogP contribution in [0, 0.1) is 11.6 Å². The number of ether oxygens (including phenoxy) is 1. The number of carbonyl (C=O) groups is 2. The molecule has 6 rings (SSSR count). The van der Waals surface area contributed by atoms with E-state index in [4.69, 9.17) is 4.74 Å². The summed E-state index contributed by atoms with van der Waals surface area (Å²) in [5.41, 5.74) is 3.17. The van der Waals surface area contributed by atoms with E-state index in [-0.39, 0.29) is 24.4 Å². The molecule has 10 heteroatoms. The van der Waals surface area contributed by atoms with Crippen molar-refractivity contribution in [2.45, 2.75) is 24.3 Å². The van der Waals surface area contributed by atoms with E-state index in [1.54, 1.807) is 16.9 Å². The van der Waals surface area contributed by atoms with Crippen molar-refractivity contribution >= 4 is 28.5 Å². The van der Waals surface area contributed by atoms with Gasteiger partial charge in [0.2, 0.25) is 0 Å². The predicted molar refractivity (Wildman–Crippen MR) is 155 cm³/mol. The summed E-state index contributed by atoms with van der Waals surface area (Å²) < 4.78 is 34.5. The van der Waals surface area contributed by atoms with Gasteiger partial charge >= 0.3 is 6.03 Å². The van der Waals surface area contributed by atoms with E-state index in [1.807, 2.05) is 29.8 Å². The fourth-order valence-electron chi connectivity index (χ4n) is 6.61. The number of carbonyl (C=O) groups excluding carboxylic acids is 2. The number of aromatic nitrogens is 1. The van der Waals surface area contributed by atoms with Crippen LogP contribution < -0.4 is 10.1 Å². The molecule has 3 amide bonds. The molecule has 2 aliphatic heterocycles. The van der Waals surface area contributed by atoms with Crippen LogP contribution in [-0.2, 0) is 12.5 Å². The van der Waals surface area contributed by atoms with Gasteiger partial charge in [0.05, 0.1) is 25.3 Å². The summed E-state index contributed by atoms with van der Waals surface area (Å²) >= 11 is 0. The number of halogens is 2. The normalized spacial score (nSPS) is 17.8. The van der Waals surface area contributed by atoms with Crippen LogP contribution >= 0.6 is 0 Å². The van der Waals surface area contributed by atoms with Crippen LogP contribution in [0.1, 0.15) is 40.5 Å². The van der Waals surface area contributed by atoms with E-state index in [0.29, 0.717) is 49.5 Å². The van der Waals surface area contributed by atoms with E-state index in [1.165, 1.54) is 48.5 Å². The topological polar surface area (TPSA) is 87.0 Å². The Morgan fingerprint density at radius 2 is 1.64 bits per heavy atom. The van der Waals surface area contributed by atoms with Gasteiger partial charge in [0.15, 0.2) is 0 Å². The lowest BCUT2D eigenvalue weighted by Crippen LogP contribution is -2.56. The molecule has 0 bridgehead atoms. The predicted octanol–water partition coefficient (Wildman–Crippen LogP) is 5.22. The number of urea groups is 1. The van der Waals surface area contributed by atoms with E-state index in [0.717, 1.165) is 22.2 Å². The zero-order valence-corrected chi connectivity index (χ0v) is 23.4. The Bertz CT molecular complexity index is 1640. The maximum absolute atomic E-state index is 13.9. The standard InChI is InChI=1S/C32H32F2N4O4/c1-36-26-17-24(42-2)11-12-25(26)28-29(36)27(18-39)38(30(40)20-3-5-21(33)6-4-20)19-32(28)13-15-37(16-14-32)31(41)35-23-9-7-22(34)8-10-23/h3-12,17,27,39H,13-16,18-19H2,1-2H3,(H,35,41)/t27-/m0/s1. The Balaban J connectivity index is 1.39. The molecule has 2 aliphatic rings. The molecular weight excluding hydrogens is 542 g/mol. The van der Waals surface area contributed by atoms with Crippen molar-refractivity contribution in [3.63, 3.8) is 0 Å². The maximum Gasteiger partial charge on any atom is 0.321 e. The molecule has 4 aromatic rings. The Kier molecular flexibility index (Phi) is 7.10. The van der Waals surface area contributed by atoms with E-state index in [9.17, 15) is 23.5 Å². The third-order valence-electron chi connectivity index (χ3n) is 8.78. The molecule has 1 spiro atoms. The lowest BCUT2D eigenvalue weighted by atomic mass is 9.68. The van der Waals surface area contributed by atoms with Crippen LogP contribution in [0.2, 0.25) is 0 Å². The average molecular weight is 575 g/mol. The molecule has 2 N–H and O–H groups in total. The van der Waals surface area contributed by atoms with Crippen LogP contribution in [0.15, 0.2) is 66.7 Å². The van der Waals surface area contributed by atoms with Crippen molar-refractivity contribution in [2.75, 3.05) is 38.7 Å². The number of hydrogen-bond acceptors (Lipinski definition) is 4. The minimum atomic E-state index is -0.619. The molecule has 8 nitrogen and oxygen atoms in total. The van der Waals surface area contributed by atoms with Crippen LogP contribution in [0.3, 0.4) is 0 Å². The fourth-order valence-corrected chi connectivity index (χ4v) is 6.61. The first-order chi connectivity index (χ1) is 20.2. The van der Waals surface area contributed by atoms with E-state index < -0.39 is 17.3 Å². The van der Waals surface area contributed by atoms with Crippen LogP contribution in [0.5, 0.6) is 5.75 Å². The number of nitrogens with one attached hydrogen (secondary N) is 1. The first-order valence-electron chi connectivity index (χ1n) is 13.9. The van der Waals surface area contributed by atoms with Crippen molar-refractivity contribution in [3.8, 4) is 5.75 Å². The number of aliphatic hydroxyl groups is 1. The van der Waals surface area contributed by atoms with Crippen molar-refractivity contribution in [1.29, 1.82) is 0 Å². The summed E-state index contributed by atoms with van der Waals surface area (Å²) in [5, 5.41) is 14.5. The number of amides is 3. The number of aliphatic hydroxyl groups excluding tert-OH is 1. The summed E-state index contributed by atoms with van der Waals surface area (Å²) in [6.45, 7) is 0.909. The number of nitrogens with zero attached hydrogens (tertiary/aromatic N) is 3. The number of hydrogen-bond donors (Lipinski definition) is 2. The van der Waals surface area contributed by atoms with Crippen LogP contribution in [0.4, 0.5) is 19.3 Å². The molecular formula is C32H32F2N4O4. The van der Waals surface area contributed by atoms with E-state index in [2.05, 4.69) is 5.32 Å². The van der Waals surface area contributed by atoms with Gasteiger partial charge in [-0.15, -0.1) is 0 Å². The number of aryl methyl sites for hydroxylation is 1. The van der Waals surface area contributed by atoms with Gasteiger partial charge in [-0.1, -0.05) is 0 Å². The molecule has 0 aliphatic carbocycles. The molecule has 1 saturated heterocycles. The maximum atomic E-state index is 13.9. The zero-order valence-electron chi connectivity index (χ0n) is 23.4. The van der Waals surface area contributed by atoms with Crippen molar-refractivity contribution in [2.24, 2.45) is 7.05 Å². The first kappa shape index (κ1) is 27.7. The number of benzene rings is 3. The smallest absolute Gasteiger partial charge is 0.321 e. The second-order valence-corrected chi connectivity index (χ2v) is 11.0. The van der Waals surface area contributed by atoms with Gasteiger partial charge < -0.3 is 29.5 Å². The summed E-state index contributed by atoms with van der Waals surface area (Å²) in [6.07, 6.45) is 1.15. The Labute approximate surface area is 242 Å². The Morgan fingerprint density at radius 1 is 1.00 bits per heavy atom. The largest absolute Gasteiger partial charge is 0.497 e. The quantitative estimate of drug-likeness (QED) is 0.350. The molecule has 0 radical (unpaired) electrons. The van der Waals surface area contributed by atoms with Gasteiger partial charge in [-0.3, -0.25) is 4.79 Å². The second-order valence-electron chi connectivity index (χ2n) is 11.0. The van der Waals surface area contributed by atoms with Crippen LogP contribution in [0.25, 0.3) is 10.9 Å². The highest BCUT2D eigenvalue weighted by Crippen LogP contribution is 2.50. The molecule has 1 aromatic heterocycles. The second kappa shape index (κ2) is 10.8. The van der Waals surface area contributed by atoms with Gasteiger partial charge in [0.25, 0.3) is 5.91 Å². The van der Waals surface area contributed by atoms with Crippen molar-refractivity contribution in [1.82, 2.24) is 14.4 Å². The third-order valence-corrected chi connectivity index (χ3v) is 8.78. The SMILES string of the molecule is COc1ccc2c3c(n(C)c2c1)[C@H](CO)N(C(=O)c1ccc(F)cc1)CC31CCN(C(=O)Nc2ccc(F)cc2)CC1. The third kappa shape index (κ3) is 4.65. The van der Waals surface area contributed by atoms with Gasteiger partial charge in [-0.05, 0) is 79.1 Å². The number of methoxy groups -OCH3 is 1. The number of anilines is 1. The highest BCUT2D eigenvalue weighted by Gasteiger charge is 2.50. The number of likely N-dealkylation sites (tertiary alicyclic amines) is 1. The lowest BCUT2D eigenvalue weighted by molar-refractivity contribution is 0.0362. The molecule has 42 heavy (non-hydrogen) atoms. The minimum Gasteiger partial charge on any atom is -0.497 e. The number of piperidine rings is 1. The van der Waals surface area contributed by atoms with Gasteiger partial charge in [0.1, 0.15) is 17.4 Å². The average Bonchev–Trinajstić information content (AvgIpc) is 3.31. The van der Waals surface area contributed by atoms with Crippen molar-refractivity contribution < 1.29 is 28.2 Å². The highest BCUT2D eigenvalue weighted by atomic mass is 19.1. The summed E-state index contributed by atoms with van der Waals surface area (Å²) in [5.74, 6) is -0.411. The number of fused-ring (bicyclic) bond motifs is 4. The molecule has 1 fully saturated rings. The molecule has 3 aromatic carbocycles. The molecule has 218 valence electrons. The van der Waals surface area contributed by atoms with Gasteiger partial charge in [-0.25, -0.2) is 13.6 Å². The molecule has 1 atom stereocenters. The Hall–Kier alpha value is -4.44.